The van der Waals surface area contributed by atoms with E-state index in [1.165, 1.54) is 23.1 Å². The topological polar surface area (TPSA) is 105 Å². The second-order valence-electron chi connectivity index (χ2n) is 6.06. The van der Waals surface area contributed by atoms with E-state index in [1.54, 1.807) is 11.8 Å². The van der Waals surface area contributed by atoms with Gasteiger partial charge in [-0.3, -0.25) is 25.2 Å². The lowest BCUT2D eigenvalue weighted by atomic mass is 10.2. The molecule has 0 radical (unpaired) electrons. The molecule has 1 aliphatic rings. The first-order valence-corrected chi connectivity index (χ1v) is 9.37. The number of nitrogens with one attached hydrogen (secondary N) is 2. The van der Waals surface area contributed by atoms with Crippen LogP contribution in [0.15, 0.2) is 82.6 Å². The summed E-state index contributed by atoms with van der Waals surface area (Å²) in [5.74, 6) is -0.657. The van der Waals surface area contributed by atoms with E-state index in [1.807, 2.05) is 48.5 Å². The summed E-state index contributed by atoms with van der Waals surface area (Å²) in [6.45, 7) is 0. The van der Waals surface area contributed by atoms with Gasteiger partial charge in [-0.25, -0.2) is 10.2 Å². The van der Waals surface area contributed by atoms with Crippen LogP contribution in [-0.4, -0.2) is 16.9 Å². The van der Waals surface area contributed by atoms with Crippen molar-refractivity contribution >= 4 is 40.8 Å². The highest BCUT2D eigenvalue weighted by molar-refractivity contribution is 7.99. The van der Waals surface area contributed by atoms with Crippen LogP contribution in [0.25, 0.3) is 0 Å². The van der Waals surface area contributed by atoms with Crippen LogP contribution < -0.4 is 15.8 Å². The Morgan fingerprint density at radius 1 is 0.862 bits per heavy atom. The fourth-order valence-corrected chi connectivity index (χ4v) is 3.98. The quantitative estimate of drug-likeness (QED) is 0.489. The van der Waals surface area contributed by atoms with Gasteiger partial charge < -0.3 is 0 Å². The Morgan fingerprint density at radius 3 is 2.10 bits per heavy atom. The number of para-hydroxylation sites is 2. The van der Waals surface area contributed by atoms with E-state index in [2.05, 4.69) is 10.9 Å². The minimum absolute atomic E-state index is 0.0644. The van der Waals surface area contributed by atoms with Crippen LogP contribution in [0.4, 0.5) is 21.9 Å². The second-order valence-corrected chi connectivity index (χ2v) is 7.15. The molecule has 0 saturated heterocycles. The molecule has 3 aromatic rings. The van der Waals surface area contributed by atoms with Gasteiger partial charge in [-0.15, -0.1) is 0 Å². The molecule has 0 unspecified atom stereocenters. The fraction of sp³-hybridized carbons (Fsp3) is 0. The zero-order valence-electron chi connectivity index (χ0n) is 14.9. The lowest BCUT2D eigenvalue weighted by molar-refractivity contribution is -0.384. The molecule has 1 heterocycles. The van der Waals surface area contributed by atoms with Gasteiger partial charge in [0.1, 0.15) is 0 Å². The van der Waals surface area contributed by atoms with Crippen molar-refractivity contribution in [2.24, 2.45) is 0 Å². The largest absolute Gasteiger partial charge is 0.345 e. The third kappa shape index (κ3) is 3.63. The van der Waals surface area contributed by atoms with E-state index in [-0.39, 0.29) is 11.3 Å². The van der Waals surface area contributed by atoms with Crippen LogP contribution >= 0.6 is 11.8 Å². The number of urea groups is 1. The van der Waals surface area contributed by atoms with Crippen molar-refractivity contribution in [1.29, 1.82) is 0 Å². The molecule has 4 rings (SSSR count). The van der Waals surface area contributed by atoms with Crippen LogP contribution in [-0.2, 0) is 0 Å². The molecule has 1 aliphatic heterocycles. The number of benzene rings is 3. The van der Waals surface area contributed by atoms with E-state index in [9.17, 15) is 19.7 Å². The molecule has 0 saturated carbocycles. The lowest BCUT2D eigenvalue weighted by Crippen LogP contribution is -2.48. The number of hydrogen-bond acceptors (Lipinski definition) is 5. The SMILES string of the molecule is O=C(NNC(=O)N1c2ccccc2Sc2ccccc21)c1cccc([N+](=O)[O-])c1. The molecule has 144 valence electrons. The number of nitro benzene ring substituents is 1. The van der Waals surface area contributed by atoms with Crippen LogP contribution in [0.1, 0.15) is 10.4 Å². The van der Waals surface area contributed by atoms with Gasteiger partial charge >= 0.3 is 6.03 Å². The number of carbonyl (C=O) groups excluding carboxylic acids is 2. The molecule has 3 amide bonds. The number of rotatable bonds is 2. The van der Waals surface area contributed by atoms with Gasteiger partial charge in [0.15, 0.2) is 0 Å². The predicted molar refractivity (Wildman–Crippen MR) is 108 cm³/mol. The van der Waals surface area contributed by atoms with Crippen molar-refractivity contribution in [3.63, 3.8) is 0 Å². The Kier molecular flexibility index (Phi) is 4.88. The van der Waals surface area contributed by atoms with Gasteiger partial charge in [-0.2, -0.15) is 0 Å². The van der Waals surface area contributed by atoms with Gasteiger partial charge in [0.25, 0.3) is 11.6 Å². The van der Waals surface area contributed by atoms with Crippen molar-refractivity contribution < 1.29 is 14.5 Å². The van der Waals surface area contributed by atoms with E-state index >= 15 is 0 Å². The summed E-state index contributed by atoms with van der Waals surface area (Å²) in [6, 6.07) is 19.6. The summed E-state index contributed by atoms with van der Waals surface area (Å²) in [5, 5.41) is 10.9. The highest BCUT2D eigenvalue weighted by Gasteiger charge is 2.28. The van der Waals surface area contributed by atoms with Crippen molar-refractivity contribution in [2.75, 3.05) is 4.90 Å². The normalized spacial score (nSPS) is 11.8. The molecule has 0 fully saturated rings. The Bertz CT molecular complexity index is 1090. The number of non-ortho nitro benzene ring substituents is 1. The molecule has 29 heavy (non-hydrogen) atoms. The number of nitro groups is 1. The number of hydrazine groups is 1. The zero-order valence-corrected chi connectivity index (χ0v) is 15.7. The van der Waals surface area contributed by atoms with E-state index in [0.717, 1.165) is 15.9 Å². The molecule has 0 aliphatic carbocycles. The summed E-state index contributed by atoms with van der Waals surface area (Å²) in [4.78, 5) is 38.8. The van der Waals surface area contributed by atoms with Crippen LogP contribution in [0.5, 0.6) is 0 Å². The Labute approximate surface area is 169 Å². The fourth-order valence-electron chi connectivity index (χ4n) is 2.92. The standard InChI is InChI=1S/C20H14N4O4S/c25-19(13-6-5-7-14(12-13)24(27)28)21-22-20(26)23-15-8-1-3-10-17(15)29-18-11-4-2-9-16(18)23/h1-12H,(H,21,25)(H,22,26). The number of nitrogens with zero attached hydrogens (tertiary/aromatic N) is 2. The first-order valence-electron chi connectivity index (χ1n) is 8.55. The van der Waals surface area contributed by atoms with Gasteiger partial charge in [0.05, 0.1) is 16.3 Å². The second kappa shape index (κ2) is 7.64. The van der Waals surface area contributed by atoms with Gasteiger partial charge in [0.2, 0.25) is 0 Å². The maximum absolute atomic E-state index is 12.9. The van der Waals surface area contributed by atoms with Gasteiger partial charge in [0, 0.05) is 27.5 Å². The number of anilines is 2. The maximum Gasteiger partial charge on any atom is 0.345 e. The van der Waals surface area contributed by atoms with Crippen molar-refractivity contribution in [2.45, 2.75) is 9.79 Å². The summed E-state index contributed by atoms with van der Waals surface area (Å²) in [6.07, 6.45) is 0. The molecule has 3 aromatic carbocycles. The van der Waals surface area contributed by atoms with E-state index in [0.29, 0.717) is 11.4 Å². The highest BCUT2D eigenvalue weighted by Crippen LogP contribution is 2.47. The molecular weight excluding hydrogens is 392 g/mol. The van der Waals surface area contributed by atoms with Crippen LogP contribution in [0.3, 0.4) is 0 Å². The molecular formula is C20H14N4O4S. The van der Waals surface area contributed by atoms with Gasteiger partial charge in [-0.05, 0) is 30.3 Å². The first-order chi connectivity index (χ1) is 14.0. The summed E-state index contributed by atoms with van der Waals surface area (Å²) < 4.78 is 0. The van der Waals surface area contributed by atoms with Crippen LogP contribution in [0.2, 0.25) is 0 Å². The molecule has 0 spiro atoms. The predicted octanol–water partition coefficient (Wildman–Crippen LogP) is 4.25. The summed E-state index contributed by atoms with van der Waals surface area (Å²) in [7, 11) is 0. The van der Waals surface area contributed by atoms with Gasteiger partial charge in [-0.1, -0.05) is 42.1 Å². The first kappa shape index (κ1) is 18.5. The third-order valence-electron chi connectivity index (χ3n) is 4.24. The van der Waals surface area contributed by atoms with E-state index in [4.69, 9.17) is 0 Å². The van der Waals surface area contributed by atoms with Crippen molar-refractivity contribution in [3.05, 3.63) is 88.5 Å². The molecule has 0 aromatic heterocycles. The van der Waals surface area contributed by atoms with Crippen molar-refractivity contribution in [3.8, 4) is 0 Å². The van der Waals surface area contributed by atoms with Crippen molar-refractivity contribution in [1.82, 2.24) is 10.9 Å². The monoisotopic (exact) mass is 406 g/mol. The average molecular weight is 406 g/mol. The Balaban J connectivity index is 1.56. The third-order valence-corrected chi connectivity index (χ3v) is 5.37. The maximum atomic E-state index is 12.9. The number of hydrogen-bond donors (Lipinski definition) is 2. The molecule has 0 atom stereocenters. The Hall–Kier alpha value is -3.85. The van der Waals surface area contributed by atoms with Crippen LogP contribution in [0, 0.1) is 10.1 Å². The minimum atomic E-state index is -0.657. The molecule has 8 nitrogen and oxygen atoms in total. The molecule has 0 bridgehead atoms. The summed E-state index contributed by atoms with van der Waals surface area (Å²) >= 11 is 1.56. The number of amides is 3. The van der Waals surface area contributed by atoms with E-state index < -0.39 is 16.9 Å². The minimum Gasteiger partial charge on any atom is -0.267 e. The molecule has 2 N–H and O–H groups in total. The highest BCUT2D eigenvalue weighted by atomic mass is 32.2. The Morgan fingerprint density at radius 2 is 1.48 bits per heavy atom. The summed E-state index contributed by atoms with van der Waals surface area (Å²) in [5.41, 5.74) is 5.95. The number of carbonyl (C=O) groups is 2. The number of fused-ring (bicyclic) bond motifs is 2. The lowest BCUT2D eigenvalue weighted by Gasteiger charge is -2.30. The average Bonchev–Trinajstić information content (AvgIpc) is 2.75. The zero-order chi connectivity index (χ0) is 20.4. The smallest absolute Gasteiger partial charge is 0.267 e. The molecule has 9 heteroatoms.